The molecular weight excluding hydrogens is 683 g/mol. The minimum absolute atomic E-state index is 0. The van der Waals surface area contributed by atoms with E-state index in [1.807, 2.05) is 6.20 Å². The Labute approximate surface area is 257 Å². The van der Waals surface area contributed by atoms with Crippen molar-refractivity contribution in [2.24, 2.45) is 6.98 Å². The number of aromatic hydroxyl groups is 1. The Balaban J connectivity index is 0.000000172. The average molecular weight is 716 g/mol. The molecule has 0 unspecified atom stereocenters. The number of aromatic nitrogens is 3. The molecule has 7 rings (SSSR count). The number of hydrogen-bond donors (Lipinski definition) is 1. The van der Waals surface area contributed by atoms with Crippen LogP contribution in [-0.4, -0.2) is 19.6 Å². The topological polar surface area (TPSA) is 50.9 Å². The Hall–Kier alpha value is -4.31. The zero-order chi connectivity index (χ0) is 30.3. The van der Waals surface area contributed by atoms with E-state index in [1.165, 1.54) is 43.3 Å². The average Bonchev–Trinajstić information content (AvgIpc) is 3.37. The van der Waals surface area contributed by atoms with Gasteiger partial charge in [-0.25, -0.2) is 4.98 Å². The van der Waals surface area contributed by atoms with Gasteiger partial charge in [0, 0.05) is 37.4 Å². The summed E-state index contributed by atoms with van der Waals surface area (Å²) in [5.74, 6) is 0.248. The molecule has 5 heteroatoms. The minimum Gasteiger partial charge on any atom is -0.507 e. The van der Waals surface area contributed by atoms with Gasteiger partial charge in [-0.2, -0.15) is 0 Å². The molecule has 0 fully saturated rings. The maximum atomic E-state index is 9.94. The predicted molar refractivity (Wildman–Crippen MR) is 166 cm³/mol. The first-order chi connectivity index (χ1) is 20.6. The number of rotatable bonds is 2. The van der Waals surface area contributed by atoms with Crippen molar-refractivity contribution < 1.29 is 29.3 Å². The fraction of sp³-hybridized carbons (Fsp3) is 0.111. The summed E-state index contributed by atoms with van der Waals surface area (Å²) >= 11 is 0. The van der Waals surface area contributed by atoms with Crippen molar-refractivity contribution in [1.82, 2.24) is 14.5 Å². The van der Waals surface area contributed by atoms with Gasteiger partial charge < -0.3 is 14.7 Å². The van der Waals surface area contributed by atoms with Crippen molar-refractivity contribution >= 4 is 32.6 Å². The van der Waals surface area contributed by atoms with Gasteiger partial charge >= 0.3 is 0 Å². The molecule has 0 aliphatic heterocycles. The van der Waals surface area contributed by atoms with E-state index < -0.39 is 6.98 Å². The fourth-order valence-electron chi connectivity index (χ4n) is 5.33. The van der Waals surface area contributed by atoms with E-state index in [2.05, 4.69) is 80.4 Å². The first-order valence-electron chi connectivity index (χ1n) is 14.7. The third kappa shape index (κ3) is 5.39. The van der Waals surface area contributed by atoms with Crippen molar-refractivity contribution in [1.29, 1.82) is 0 Å². The third-order valence-corrected chi connectivity index (χ3v) is 7.09. The van der Waals surface area contributed by atoms with Gasteiger partial charge in [-0.05, 0) is 70.1 Å². The van der Waals surface area contributed by atoms with Gasteiger partial charge in [0.15, 0.2) is 0 Å². The van der Waals surface area contributed by atoms with Crippen LogP contribution in [0.5, 0.6) is 5.75 Å². The number of phenols is 1. The Kier molecular flexibility index (Phi) is 6.96. The van der Waals surface area contributed by atoms with Crippen LogP contribution in [0.1, 0.15) is 20.8 Å². The fourth-order valence-corrected chi connectivity index (χ4v) is 5.33. The molecule has 0 spiro atoms. The summed E-state index contributed by atoms with van der Waals surface area (Å²) in [5.41, 5.74) is 7.29. The van der Waals surface area contributed by atoms with Crippen LogP contribution in [0.3, 0.4) is 0 Å². The molecule has 0 saturated carbocycles. The van der Waals surface area contributed by atoms with Crippen LogP contribution < -0.4 is 0 Å². The third-order valence-electron chi connectivity index (χ3n) is 7.09. The molecule has 41 heavy (non-hydrogen) atoms. The van der Waals surface area contributed by atoms with Crippen LogP contribution in [0.25, 0.3) is 55.2 Å². The summed E-state index contributed by atoms with van der Waals surface area (Å²) in [5, 5.41) is 14.9. The second kappa shape index (κ2) is 11.7. The number of hydrogen-bond acceptors (Lipinski definition) is 3. The molecule has 0 bridgehead atoms. The van der Waals surface area contributed by atoms with E-state index in [9.17, 15) is 5.11 Å². The monoisotopic (exact) mass is 716 g/mol. The van der Waals surface area contributed by atoms with E-state index in [0.29, 0.717) is 16.6 Å². The largest absolute Gasteiger partial charge is 0.507 e. The van der Waals surface area contributed by atoms with Gasteiger partial charge in [0.05, 0.1) is 16.6 Å². The Morgan fingerprint density at radius 1 is 0.829 bits per heavy atom. The van der Waals surface area contributed by atoms with Crippen molar-refractivity contribution in [2.45, 2.75) is 20.8 Å². The van der Waals surface area contributed by atoms with Gasteiger partial charge in [-0.15, -0.1) is 34.9 Å². The maximum Gasteiger partial charge on any atom is 0.144 e. The Bertz CT molecular complexity index is 2120. The second-order valence-corrected chi connectivity index (χ2v) is 10.0. The molecule has 2 aromatic heterocycles. The van der Waals surface area contributed by atoms with Gasteiger partial charge in [-0.3, -0.25) is 0 Å². The van der Waals surface area contributed by atoms with Crippen LogP contribution in [0.15, 0.2) is 103 Å². The number of fused-ring (bicyclic) bond motifs is 4. The van der Waals surface area contributed by atoms with Crippen LogP contribution in [0, 0.1) is 26.8 Å². The summed E-state index contributed by atoms with van der Waals surface area (Å²) in [4.78, 5) is 9.06. The maximum absolute atomic E-state index is 9.94. The zero-order valence-electron chi connectivity index (χ0n) is 25.9. The summed E-state index contributed by atoms with van der Waals surface area (Å²) in [6.07, 6.45) is 1.90. The molecule has 4 nitrogen and oxygen atoms in total. The number of para-hydroxylation sites is 3. The number of benzene rings is 5. The minimum atomic E-state index is -2.37. The van der Waals surface area contributed by atoms with E-state index in [-0.39, 0.29) is 31.7 Å². The predicted octanol–water partition coefficient (Wildman–Crippen LogP) is 8.72. The first-order valence-corrected chi connectivity index (χ1v) is 13.2. The van der Waals surface area contributed by atoms with E-state index >= 15 is 0 Å². The van der Waals surface area contributed by atoms with Crippen molar-refractivity contribution in [3.63, 3.8) is 0 Å². The van der Waals surface area contributed by atoms with Gasteiger partial charge in [-0.1, -0.05) is 68.4 Å². The molecule has 0 saturated heterocycles. The SMILES string of the molecule is Cc1[c-]c(-c2nccc3cc(C)c4ccccc4c23)cc(C)c1.[2H]C([2H])([2H])n1c(-c2ccccc2O)nc2ccccc21.[Ir]. The molecule has 1 radical (unpaired) electrons. The number of phenolic OH excluding ortho intramolecular Hbond substituents is 1. The molecular formula is C36H30IrN3O-. The molecule has 0 amide bonds. The quantitative estimate of drug-likeness (QED) is 0.144. The molecule has 2 heterocycles. The Morgan fingerprint density at radius 2 is 1.56 bits per heavy atom. The molecule has 1 N–H and O–H groups in total. The standard InChI is InChI=1S/C22H18N.C14H12N2O.Ir/c1-14-10-15(2)12-18(11-14)22-21-17(8-9-23-22)13-16(3)19-6-4-5-7-20(19)21;1-16-12-8-4-3-7-11(12)15-14(16)10-6-2-5-9-13(10)17;/h4-11,13H,1-3H3;2-9,17H,1H3;/q-1;;/i;1D3;. The molecule has 0 aliphatic rings. The van der Waals surface area contributed by atoms with E-state index in [4.69, 9.17) is 9.10 Å². The van der Waals surface area contributed by atoms with Crippen molar-refractivity contribution in [2.75, 3.05) is 0 Å². The van der Waals surface area contributed by atoms with Gasteiger partial charge in [0.25, 0.3) is 0 Å². The first kappa shape index (κ1) is 24.5. The number of aryl methyl sites for hydroxylation is 4. The second-order valence-electron chi connectivity index (χ2n) is 10.0. The van der Waals surface area contributed by atoms with E-state index in [1.54, 1.807) is 42.5 Å². The molecule has 5 aromatic carbocycles. The van der Waals surface area contributed by atoms with Crippen LogP contribution >= 0.6 is 0 Å². The Morgan fingerprint density at radius 3 is 2.34 bits per heavy atom. The van der Waals surface area contributed by atoms with Crippen LogP contribution in [0.2, 0.25) is 0 Å². The molecule has 0 atom stereocenters. The number of pyridine rings is 1. The molecule has 0 aliphatic carbocycles. The summed E-state index contributed by atoms with van der Waals surface area (Å²) in [6, 6.07) is 34.3. The van der Waals surface area contributed by atoms with Crippen LogP contribution in [-0.2, 0) is 27.1 Å². The van der Waals surface area contributed by atoms with Gasteiger partial charge in [0.2, 0.25) is 0 Å². The number of nitrogens with zero attached hydrogens (tertiary/aromatic N) is 3. The normalized spacial score (nSPS) is 12.2. The summed E-state index contributed by atoms with van der Waals surface area (Å²) in [6.45, 7) is 4.01. The van der Waals surface area contributed by atoms with E-state index in [0.717, 1.165) is 16.8 Å². The van der Waals surface area contributed by atoms with Gasteiger partial charge in [0.1, 0.15) is 11.6 Å². The summed E-state index contributed by atoms with van der Waals surface area (Å²) in [7, 11) is 0. The van der Waals surface area contributed by atoms with Crippen molar-refractivity contribution in [3.8, 4) is 28.4 Å². The van der Waals surface area contributed by atoms with Crippen LogP contribution in [0.4, 0.5) is 0 Å². The molecule has 205 valence electrons. The molecule has 7 aromatic rings. The zero-order valence-corrected chi connectivity index (χ0v) is 25.3. The smallest absolute Gasteiger partial charge is 0.144 e. The summed E-state index contributed by atoms with van der Waals surface area (Å²) < 4.78 is 24.3. The number of imidazole rings is 1. The van der Waals surface area contributed by atoms with Crippen molar-refractivity contribution in [3.05, 3.63) is 126 Å².